The highest BCUT2D eigenvalue weighted by atomic mass is 79.9. The summed E-state index contributed by atoms with van der Waals surface area (Å²) in [5, 5.41) is 4.36. The number of rotatable bonds is 3. The van der Waals surface area contributed by atoms with Crippen molar-refractivity contribution in [3.63, 3.8) is 0 Å². The van der Waals surface area contributed by atoms with Crippen LogP contribution in [0.5, 0.6) is 0 Å². The molecule has 96 valence electrons. The normalized spacial score (nSPS) is 10.7. The van der Waals surface area contributed by atoms with Crippen molar-refractivity contribution >= 4 is 83.7 Å². The van der Waals surface area contributed by atoms with Crippen molar-refractivity contribution in [2.75, 3.05) is 5.32 Å². The average Bonchev–Trinajstić information content (AvgIpc) is 2.72. The molecule has 1 heterocycles. The Kier molecular flexibility index (Phi) is 5.20. The third kappa shape index (κ3) is 3.32. The molecule has 2 nitrogen and oxygen atoms in total. The minimum Gasteiger partial charge on any atom is -0.378 e. The molecule has 0 fully saturated rings. The van der Waals surface area contributed by atoms with Gasteiger partial charge < -0.3 is 5.32 Å². The quantitative estimate of drug-likeness (QED) is 0.442. The van der Waals surface area contributed by atoms with Gasteiger partial charge in [-0.1, -0.05) is 34.8 Å². The van der Waals surface area contributed by atoms with E-state index in [1.165, 1.54) is 11.3 Å². The molecular weight excluding hydrogens is 446 g/mol. The molecule has 0 aliphatic heterocycles. The first-order chi connectivity index (χ1) is 8.49. The van der Waals surface area contributed by atoms with Crippen molar-refractivity contribution in [2.45, 2.75) is 6.54 Å². The first-order valence-electron chi connectivity index (χ1n) is 4.66. The predicted octanol–water partition coefficient (Wildman–Crippen LogP) is 6.24. The Bertz CT molecular complexity index is 589. The van der Waals surface area contributed by atoms with E-state index in [9.17, 15) is 0 Å². The number of nitrogens with zero attached hydrogens (tertiary/aromatic N) is 1. The van der Waals surface area contributed by atoms with Gasteiger partial charge in [0.2, 0.25) is 0 Å². The summed E-state index contributed by atoms with van der Waals surface area (Å²) in [6, 6.07) is 1.75. The van der Waals surface area contributed by atoms with Crippen molar-refractivity contribution in [1.82, 2.24) is 4.98 Å². The third-order valence-corrected chi connectivity index (χ3v) is 5.76. The van der Waals surface area contributed by atoms with E-state index in [-0.39, 0.29) is 0 Å². The molecule has 0 saturated heterocycles. The SMILES string of the molecule is Clc1ncc(CNc2c(Cl)cc(Br)c(Cl)c2Br)s1. The maximum absolute atomic E-state index is 6.16. The molecule has 0 radical (unpaired) electrons. The Balaban J connectivity index is 2.22. The summed E-state index contributed by atoms with van der Waals surface area (Å²) in [6.45, 7) is 0.584. The first-order valence-corrected chi connectivity index (χ1v) is 8.19. The number of hydrogen-bond acceptors (Lipinski definition) is 3. The van der Waals surface area contributed by atoms with Gasteiger partial charge in [-0.3, -0.25) is 0 Å². The second-order valence-corrected chi connectivity index (χ2v) is 7.41. The molecule has 0 amide bonds. The third-order valence-electron chi connectivity index (χ3n) is 2.08. The van der Waals surface area contributed by atoms with Crippen molar-refractivity contribution in [3.05, 3.63) is 40.6 Å². The van der Waals surface area contributed by atoms with Gasteiger partial charge in [0.05, 0.1) is 26.8 Å². The number of anilines is 1. The Morgan fingerprint density at radius 2 is 2.00 bits per heavy atom. The molecule has 0 aliphatic carbocycles. The zero-order valence-electron chi connectivity index (χ0n) is 8.61. The maximum atomic E-state index is 6.16. The molecule has 1 aromatic carbocycles. The Morgan fingerprint density at radius 3 is 2.61 bits per heavy atom. The lowest BCUT2D eigenvalue weighted by molar-refractivity contribution is 1.17. The molecule has 18 heavy (non-hydrogen) atoms. The molecule has 1 aromatic heterocycles. The van der Waals surface area contributed by atoms with Crippen molar-refractivity contribution < 1.29 is 0 Å². The zero-order chi connectivity index (χ0) is 13.3. The minimum absolute atomic E-state index is 0.519. The predicted molar refractivity (Wildman–Crippen MR) is 86.3 cm³/mol. The number of benzene rings is 1. The van der Waals surface area contributed by atoms with Gasteiger partial charge in [-0.25, -0.2) is 4.98 Å². The molecule has 8 heteroatoms. The average molecular weight is 451 g/mol. The highest BCUT2D eigenvalue weighted by Crippen LogP contribution is 2.41. The van der Waals surface area contributed by atoms with Gasteiger partial charge in [0.15, 0.2) is 4.47 Å². The van der Waals surface area contributed by atoms with Crippen molar-refractivity contribution in [3.8, 4) is 0 Å². The molecule has 0 atom stereocenters. The van der Waals surface area contributed by atoms with Crippen LogP contribution in [0.4, 0.5) is 5.69 Å². The van der Waals surface area contributed by atoms with E-state index in [0.29, 0.717) is 21.1 Å². The molecule has 0 unspecified atom stereocenters. The van der Waals surface area contributed by atoms with Crippen LogP contribution in [-0.4, -0.2) is 4.98 Å². The lowest BCUT2D eigenvalue weighted by Gasteiger charge is -2.12. The fourth-order valence-corrected chi connectivity index (χ4v) is 4.11. The van der Waals surface area contributed by atoms with E-state index in [1.807, 2.05) is 0 Å². The van der Waals surface area contributed by atoms with Crippen molar-refractivity contribution in [2.24, 2.45) is 0 Å². The molecule has 0 bridgehead atoms. The van der Waals surface area contributed by atoms with Gasteiger partial charge in [-0.15, -0.1) is 11.3 Å². The number of thiazole rings is 1. The summed E-state index contributed by atoms with van der Waals surface area (Å²) < 4.78 is 1.98. The van der Waals surface area contributed by atoms with Gasteiger partial charge in [0.25, 0.3) is 0 Å². The standard InChI is InChI=1S/C10H5Br2Cl3N2S/c11-5-1-6(13)9(7(12)8(5)14)16-2-4-3-17-10(15)18-4/h1,3,16H,2H2. The molecule has 1 N–H and O–H groups in total. The Morgan fingerprint density at radius 1 is 1.28 bits per heavy atom. The maximum Gasteiger partial charge on any atom is 0.183 e. The minimum atomic E-state index is 0.519. The van der Waals surface area contributed by atoms with E-state index in [0.717, 1.165) is 19.5 Å². The van der Waals surface area contributed by atoms with Crippen LogP contribution in [0, 0.1) is 0 Å². The van der Waals surface area contributed by atoms with E-state index in [2.05, 4.69) is 42.2 Å². The monoisotopic (exact) mass is 448 g/mol. The van der Waals surface area contributed by atoms with Crippen LogP contribution in [0.25, 0.3) is 0 Å². The van der Waals surface area contributed by atoms with Gasteiger partial charge >= 0.3 is 0 Å². The zero-order valence-corrected chi connectivity index (χ0v) is 14.9. The van der Waals surface area contributed by atoms with E-state index >= 15 is 0 Å². The van der Waals surface area contributed by atoms with Crippen LogP contribution in [0.3, 0.4) is 0 Å². The van der Waals surface area contributed by atoms with E-state index < -0.39 is 0 Å². The number of nitrogens with one attached hydrogen (secondary N) is 1. The summed E-state index contributed by atoms with van der Waals surface area (Å²) in [7, 11) is 0. The van der Waals surface area contributed by atoms with E-state index in [1.54, 1.807) is 12.3 Å². The lowest BCUT2D eigenvalue weighted by atomic mass is 10.3. The van der Waals surface area contributed by atoms with Gasteiger partial charge in [-0.2, -0.15) is 0 Å². The summed E-state index contributed by atoms with van der Waals surface area (Å²) in [5.41, 5.74) is 0.745. The van der Waals surface area contributed by atoms with Crippen LogP contribution >= 0.6 is 78.0 Å². The highest BCUT2D eigenvalue weighted by molar-refractivity contribution is 9.11. The summed E-state index contributed by atoms with van der Waals surface area (Å²) in [5.74, 6) is 0. The highest BCUT2D eigenvalue weighted by Gasteiger charge is 2.13. The molecule has 2 rings (SSSR count). The largest absolute Gasteiger partial charge is 0.378 e. The fourth-order valence-electron chi connectivity index (χ4n) is 1.27. The van der Waals surface area contributed by atoms with Crippen LogP contribution in [0.15, 0.2) is 21.2 Å². The van der Waals surface area contributed by atoms with Crippen molar-refractivity contribution in [1.29, 1.82) is 0 Å². The second-order valence-electron chi connectivity index (χ2n) is 3.28. The van der Waals surface area contributed by atoms with Crippen LogP contribution in [0.2, 0.25) is 14.5 Å². The summed E-state index contributed by atoms with van der Waals surface area (Å²) >= 11 is 26.2. The number of hydrogen-bond donors (Lipinski definition) is 1. The molecule has 0 saturated carbocycles. The van der Waals surface area contributed by atoms with Crippen LogP contribution in [-0.2, 0) is 6.54 Å². The van der Waals surface area contributed by atoms with E-state index in [4.69, 9.17) is 34.8 Å². The Labute approximate surface area is 140 Å². The fraction of sp³-hybridized carbons (Fsp3) is 0.100. The number of halogens is 5. The molecule has 2 aromatic rings. The molecular formula is C10H5Br2Cl3N2S. The van der Waals surface area contributed by atoms with Gasteiger partial charge in [0.1, 0.15) is 0 Å². The first kappa shape index (κ1) is 14.9. The number of aromatic nitrogens is 1. The molecule has 0 spiro atoms. The van der Waals surface area contributed by atoms with Gasteiger partial charge in [0, 0.05) is 15.5 Å². The van der Waals surface area contributed by atoms with Crippen LogP contribution < -0.4 is 5.32 Å². The summed E-state index contributed by atoms with van der Waals surface area (Å²) in [4.78, 5) is 4.99. The second kappa shape index (κ2) is 6.29. The van der Waals surface area contributed by atoms with Gasteiger partial charge in [-0.05, 0) is 37.9 Å². The van der Waals surface area contributed by atoms with Crippen LogP contribution in [0.1, 0.15) is 4.88 Å². The lowest BCUT2D eigenvalue weighted by Crippen LogP contribution is -1.99. The summed E-state index contributed by atoms with van der Waals surface area (Å²) in [6.07, 6.45) is 1.72. The Hall–Kier alpha value is 0.480. The topological polar surface area (TPSA) is 24.9 Å². The smallest absolute Gasteiger partial charge is 0.183 e. The molecule has 0 aliphatic rings.